The van der Waals surface area contributed by atoms with E-state index in [1.54, 1.807) is 0 Å². The third-order valence-electron chi connectivity index (χ3n) is 4.70. The number of nitrogens with one attached hydrogen (secondary N) is 2. The van der Waals surface area contributed by atoms with Crippen LogP contribution in [0.4, 0.5) is 9.59 Å². The lowest BCUT2D eigenvalue weighted by Gasteiger charge is -2.26. The third kappa shape index (κ3) is 10.8. The van der Waals surface area contributed by atoms with Gasteiger partial charge in [-0.25, -0.2) is 19.2 Å². The molecule has 0 saturated heterocycles. The SMILES string of the molecule is CN(C(=O)N[C@@H](CCC(=O)O)C(=O)O)[C@@H](CCCCNC(=O)OCc1ccccc1)C(=O)O. The van der Waals surface area contributed by atoms with Gasteiger partial charge in [-0.1, -0.05) is 30.3 Å². The fraction of sp³-hybridized carbons (Fsp3) is 0.476. The number of carbonyl (C=O) groups excluding carboxylic acids is 2. The Morgan fingerprint density at radius 2 is 1.64 bits per heavy atom. The highest BCUT2D eigenvalue weighted by Crippen LogP contribution is 2.09. The molecule has 0 aromatic heterocycles. The van der Waals surface area contributed by atoms with E-state index < -0.39 is 48.5 Å². The quantitative estimate of drug-likeness (QED) is 0.253. The van der Waals surface area contributed by atoms with Gasteiger partial charge in [-0.2, -0.15) is 0 Å². The number of aliphatic carboxylic acids is 3. The van der Waals surface area contributed by atoms with Crippen LogP contribution in [0, 0.1) is 0 Å². The summed E-state index contributed by atoms with van der Waals surface area (Å²) in [5.41, 5.74) is 0.839. The number of ether oxygens (including phenoxy) is 1. The minimum absolute atomic E-state index is 0.0624. The van der Waals surface area contributed by atoms with Crippen LogP contribution in [0.2, 0.25) is 0 Å². The molecule has 33 heavy (non-hydrogen) atoms. The summed E-state index contributed by atoms with van der Waals surface area (Å²) in [7, 11) is 1.21. The van der Waals surface area contributed by atoms with Crippen LogP contribution < -0.4 is 10.6 Å². The van der Waals surface area contributed by atoms with E-state index in [-0.39, 0.29) is 26.0 Å². The van der Waals surface area contributed by atoms with E-state index in [0.717, 1.165) is 10.5 Å². The Bertz CT molecular complexity index is 816. The molecule has 5 N–H and O–H groups in total. The van der Waals surface area contributed by atoms with Crippen molar-refractivity contribution < 1.29 is 44.0 Å². The predicted molar refractivity (Wildman–Crippen MR) is 114 cm³/mol. The van der Waals surface area contributed by atoms with E-state index in [1.165, 1.54) is 7.05 Å². The maximum Gasteiger partial charge on any atom is 0.407 e. The summed E-state index contributed by atoms with van der Waals surface area (Å²) in [6.07, 6.45) is -0.568. The Morgan fingerprint density at radius 3 is 2.21 bits per heavy atom. The van der Waals surface area contributed by atoms with Crippen LogP contribution >= 0.6 is 0 Å². The first-order valence-electron chi connectivity index (χ1n) is 10.3. The number of benzene rings is 1. The second kappa shape index (κ2) is 14.3. The van der Waals surface area contributed by atoms with Crippen molar-refractivity contribution in [3.63, 3.8) is 0 Å². The fourth-order valence-electron chi connectivity index (χ4n) is 2.83. The standard InChI is InChI=1S/C21H29N3O9/c1-24(20(31)23-15(18(27)28)10-11-17(25)26)16(19(29)30)9-5-6-12-22-21(32)33-13-14-7-3-2-4-8-14/h2-4,7-8,15-16H,5-6,9-13H2,1H3,(H,22,32)(H,23,31)(H,25,26)(H,27,28)(H,29,30)/t15-,16-/m0/s1. The molecule has 0 bridgehead atoms. The Kier molecular flexibility index (Phi) is 11.8. The van der Waals surface area contributed by atoms with Gasteiger partial charge in [0.2, 0.25) is 0 Å². The first kappa shape index (κ1) is 27.2. The van der Waals surface area contributed by atoms with Crippen molar-refractivity contribution in [3.8, 4) is 0 Å². The van der Waals surface area contributed by atoms with Crippen LogP contribution in [0.1, 0.15) is 37.7 Å². The minimum atomic E-state index is -1.46. The predicted octanol–water partition coefficient (Wildman–Crippen LogP) is 1.50. The van der Waals surface area contributed by atoms with Gasteiger partial charge in [-0.3, -0.25) is 4.79 Å². The second-order valence-electron chi connectivity index (χ2n) is 7.22. The van der Waals surface area contributed by atoms with Crippen LogP contribution in [0.3, 0.4) is 0 Å². The smallest absolute Gasteiger partial charge is 0.407 e. The number of hydrogen-bond donors (Lipinski definition) is 5. The monoisotopic (exact) mass is 467 g/mol. The number of carbonyl (C=O) groups is 5. The second-order valence-corrected chi connectivity index (χ2v) is 7.22. The molecule has 0 aliphatic rings. The molecule has 2 atom stereocenters. The van der Waals surface area contributed by atoms with Crippen LogP contribution in [0.15, 0.2) is 30.3 Å². The molecule has 1 aromatic rings. The van der Waals surface area contributed by atoms with Crippen molar-refractivity contribution in [1.82, 2.24) is 15.5 Å². The molecule has 12 heteroatoms. The Balaban J connectivity index is 2.41. The lowest BCUT2D eigenvalue weighted by molar-refractivity contribution is -0.142. The summed E-state index contributed by atoms with van der Waals surface area (Å²) in [6.45, 7) is 0.365. The number of hydrogen-bond acceptors (Lipinski definition) is 6. The largest absolute Gasteiger partial charge is 0.481 e. The summed E-state index contributed by atoms with van der Waals surface area (Å²) >= 11 is 0. The van der Waals surface area contributed by atoms with Crippen molar-refractivity contribution >= 4 is 30.0 Å². The van der Waals surface area contributed by atoms with Gasteiger partial charge < -0.3 is 35.6 Å². The highest BCUT2D eigenvalue weighted by molar-refractivity contribution is 5.86. The van der Waals surface area contributed by atoms with E-state index >= 15 is 0 Å². The molecule has 0 unspecified atom stereocenters. The molecule has 0 aliphatic heterocycles. The van der Waals surface area contributed by atoms with Crippen molar-refractivity contribution in [2.45, 2.75) is 50.8 Å². The molecule has 182 valence electrons. The summed E-state index contributed by atoms with van der Waals surface area (Å²) in [5.74, 6) is -3.92. The lowest BCUT2D eigenvalue weighted by atomic mass is 10.1. The molecule has 3 amide bonds. The number of urea groups is 1. The van der Waals surface area contributed by atoms with Crippen molar-refractivity contribution in [3.05, 3.63) is 35.9 Å². The van der Waals surface area contributed by atoms with Crippen molar-refractivity contribution in [2.75, 3.05) is 13.6 Å². The molecule has 0 spiro atoms. The van der Waals surface area contributed by atoms with E-state index in [4.69, 9.17) is 14.9 Å². The number of nitrogens with zero attached hydrogens (tertiary/aromatic N) is 1. The van der Waals surface area contributed by atoms with Gasteiger partial charge in [-0.15, -0.1) is 0 Å². The Labute approximate surface area is 190 Å². The van der Waals surface area contributed by atoms with Gasteiger partial charge in [0.1, 0.15) is 18.7 Å². The summed E-state index contributed by atoms with van der Waals surface area (Å²) in [4.78, 5) is 58.3. The number of likely N-dealkylation sites (N-methyl/N-ethyl adjacent to an activating group) is 1. The van der Waals surface area contributed by atoms with Crippen LogP contribution in [-0.4, -0.2) is 75.9 Å². The van der Waals surface area contributed by atoms with E-state index in [9.17, 15) is 29.1 Å². The van der Waals surface area contributed by atoms with Gasteiger partial charge in [0.05, 0.1) is 0 Å². The molecule has 0 saturated carbocycles. The number of carboxylic acid groups (broad SMARTS) is 3. The maximum atomic E-state index is 12.3. The van der Waals surface area contributed by atoms with Gasteiger partial charge in [-0.05, 0) is 31.2 Å². The number of unbranched alkanes of at least 4 members (excludes halogenated alkanes) is 1. The van der Waals surface area contributed by atoms with Gasteiger partial charge >= 0.3 is 30.0 Å². The number of carboxylic acids is 3. The average molecular weight is 467 g/mol. The lowest BCUT2D eigenvalue weighted by Crippen LogP contribution is -2.52. The average Bonchev–Trinajstić information content (AvgIpc) is 2.77. The summed E-state index contributed by atoms with van der Waals surface area (Å²) in [6, 6.07) is 5.49. The summed E-state index contributed by atoms with van der Waals surface area (Å²) < 4.78 is 5.06. The van der Waals surface area contributed by atoms with E-state index in [0.29, 0.717) is 12.8 Å². The molecule has 1 rings (SSSR count). The number of amides is 3. The summed E-state index contributed by atoms with van der Waals surface area (Å²) in [5, 5.41) is 31.9. The maximum absolute atomic E-state index is 12.3. The Hall–Kier alpha value is -3.83. The molecule has 0 fully saturated rings. The first-order chi connectivity index (χ1) is 15.6. The fourth-order valence-corrected chi connectivity index (χ4v) is 2.83. The molecular weight excluding hydrogens is 438 g/mol. The Morgan fingerprint density at radius 1 is 0.970 bits per heavy atom. The highest BCUT2D eigenvalue weighted by Gasteiger charge is 2.29. The zero-order valence-corrected chi connectivity index (χ0v) is 18.2. The van der Waals surface area contributed by atoms with E-state index in [1.807, 2.05) is 30.3 Å². The molecule has 0 radical (unpaired) electrons. The van der Waals surface area contributed by atoms with Gasteiger partial charge in [0, 0.05) is 20.0 Å². The van der Waals surface area contributed by atoms with Gasteiger partial charge in [0.15, 0.2) is 0 Å². The molecule has 0 heterocycles. The molecule has 12 nitrogen and oxygen atoms in total. The zero-order chi connectivity index (χ0) is 24.8. The highest BCUT2D eigenvalue weighted by atomic mass is 16.5. The van der Waals surface area contributed by atoms with Crippen LogP contribution in [-0.2, 0) is 25.7 Å². The topological polar surface area (TPSA) is 183 Å². The third-order valence-corrected chi connectivity index (χ3v) is 4.70. The van der Waals surface area contributed by atoms with Crippen molar-refractivity contribution in [1.29, 1.82) is 0 Å². The molecule has 1 aromatic carbocycles. The van der Waals surface area contributed by atoms with Gasteiger partial charge in [0.25, 0.3) is 0 Å². The zero-order valence-electron chi connectivity index (χ0n) is 18.2. The minimum Gasteiger partial charge on any atom is -0.481 e. The van der Waals surface area contributed by atoms with Crippen LogP contribution in [0.5, 0.6) is 0 Å². The first-order valence-corrected chi connectivity index (χ1v) is 10.3. The number of rotatable bonds is 14. The number of alkyl carbamates (subject to hydrolysis) is 1. The van der Waals surface area contributed by atoms with Crippen molar-refractivity contribution in [2.24, 2.45) is 0 Å². The molecular formula is C21H29N3O9. The van der Waals surface area contributed by atoms with E-state index in [2.05, 4.69) is 10.6 Å². The van der Waals surface area contributed by atoms with Crippen LogP contribution in [0.25, 0.3) is 0 Å². The molecule has 0 aliphatic carbocycles. The normalized spacial score (nSPS) is 12.2.